The lowest BCUT2D eigenvalue weighted by atomic mass is 9.65. The third kappa shape index (κ3) is 2.87. The highest BCUT2D eigenvalue weighted by Crippen LogP contribution is 2.53. The molecule has 0 N–H and O–H groups in total. The molecule has 1 aliphatic heterocycles. The average molecular weight is 338 g/mol. The number of nitrogens with zero attached hydrogens (tertiary/aromatic N) is 2. The Labute approximate surface area is 136 Å². The molecular formula is C16H22N2O4S. The van der Waals surface area contributed by atoms with Crippen LogP contribution in [0.2, 0.25) is 0 Å². The van der Waals surface area contributed by atoms with Gasteiger partial charge in [0, 0.05) is 24.7 Å². The van der Waals surface area contributed by atoms with Crippen molar-refractivity contribution in [3.8, 4) is 0 Å². The van der Waals surface area contributed by atoms with Gasteiger partial charge < -0.3 is 0 Å². The summed E-state index contributed by atoms with van der Waals surface area (Å²) in [7, 11) is -3.71. The van der Waals surface area contributed by atoms with E-state index in [9.17, 15) is 18.5 Å². The van der Waals surface area contributed by atoms with Crippen molar-refractivity contribution in [2.45, 2.75) is 51.0 Å². The van der Waals surface area contributed by atoms with Crippen molar-refractivity contribution in [1.82, 2.24) is 4.31 Å². The molecule has 2 bridgehead atoms. The van der Waals surface area contributed by atoms with Crippen molar-refractivity contribution in [3.63, 3.8) is 0 Å². The Morgan fingerprint density at radius 3 is 2.61 bits per heavy atom. The van der Waals surface area contributed by atoms with Crippen LogP contribution in [-0.2, 0) is 10.0 Å². The number of rotatable bonds is 3. The molecular weight excluding hydrogens is 316 g/mol. The van der Waals surface area contributed by atoms with E-state index in [0.717, 1.165) is 25.3 Å². The fourth-order valence-corrected chi connectivity index (χ4v) is 6.40. The second-order valence-corrected chi connectivity index (χ2v) is 9.91. The van der Waals surface area contributed by atoms with Crippen LogP contribution in [-0.4, -0.2) is 30.2 Å². The zero-order chi connectivity index (χ0) is 17.0. The molecule has 3 rings (SSSR count). The van der Waals surface area contributed by atoms with Gasteiger partial charge in [-0.25, -0.2) is 8.42 Å². The Morgan fingerprint density at radius 1 is 1.26 bits per heavy atom. The average Bonchev–Trinajstić information content (AvgIpc) is 2.68. The number of nitro groups is 1. The number of hydrogen-bond donors (Lipinski definition) is 0. The lowest BCUT2D eigenvalue weighted by Gasteiger charge is -2.39. The molecule has 23 heavy (non-hydrogen) atoms. The van der Waals surface area contributed by atoms with Crippen molar-refractivity contribution in [2.75, 3.05) is 6.54 Å². The van der Waals surface area contributed by atoms with Crippen LogP contribution in [0.5, 0.6) is 0 Å². The highest BCUT2D eigenvalue weighted by molar-refractivity contribution is 7.89. The topological polar surface area (TPSA) is 80.5 Å². The van der Waals surface area contributed by atoms with Gasteiger partial charge in [-0.2, -0.15) is 4.31 Å². The predicted octanol–water partition coefficient (Wildman–Crippen LogP) is 3.18. The monoisotopic (exact) mass is 338 g/mol. The summed E-state index contributed by atoms with van der Waals surface area (Å²) in [5.41, 5.74) is -0.0926. The second kappa shape index (κ2) is 5.01. The maximum Gasteiger partial charge on any atom is 0.270 e. The highest BCUT2D eigenvalue weighted by atomic mass is 32.2. The van der Waals surface area contributed by atoms with E-state index in [2.05, 4.69) is 20.8 Å². The zero-order valence-corrected chi connectivity index (χ0v) is 14.5. The van der Waals surface area contributed by atoms with Gasteiger partial charge in [-0.15, -0.1) is 0 Å². The highest BCUT2D eigenvalue weighted by Gasteiger charge is 2.53. The van der Waals surface area contributed by atoms with Crippen molar-refractivity contribution < 1.29 is 13.3 Å². The normalized spacial score (nSPS) is 30.3. The number of benzene rings is 1. The van der Waals surface area contributed by atoms with E-state index in [1.165, 1.54) is 18.2 Å². The maximum atomic E-state index is 13.0. The molecule has 0 unspecified atom stereocenters. The summed E-state index contributed by atoms with van der Waals surface area (Å²) < 4.78 is 27.6. The molecule has 7 heteroatoms. The fourth-order valence-electron chi connectivity index (χ4n) is 4.58. The summed E-state index contributed by atoms with van der Waals surface area (Å²) in [4.78, 5) is 10.4. The van der Waals surface area contributed by atoms with Gasteiger partial charge in [0.05, 0.1) is 9.82 Å². The molecule has 0 radical (unpaired) electrons. The molecule has 2 fully saturated rings. The van der Waals surface area contributed by atoms with Crippen molar-refractivity contribution >= 4 is 15.7 Å². The zero-order valence-electron chi connectivity index (χ0n) is 13.7. The number of sulfonamides is 1. The molecule has 0 amide bonds. The Hall–Kier alpha value is -1.47. The van der Waals surface area contributed by atoms with Gasteiger partial charge in [0.25, 0.3) is 5.69 Å². The number of nitro benzene ring substituents is 1. The molecule has 2 atom stereocenters. The van der Waals surface area contributed by atoms with E-state index in [4.69, 9.17) is 0 Å². The Morgan fingerprint density at radius 2 is 1.96 bits per heavy atom. The molecule has 1 aromatic carbocycles. The van der Waals surface area contributed by atoms with Gasteiger partial charge in [-0.3, -0.25) is 10.1 Å². The third-order valence-electron chi connectivity index (χ3n) is 5.00. The first kappa shape index (κ1) is 16.4. The van der Waals surface area contributed by atoms with E-state index in [0.29, 0.717) is 6.54 Å². The fraction of sp³-hybridized carbons (Fsp3) is 0.625. The van der Waals surface area contributed by atoms with E-state index in [-0.39, 0.29) is 27.5 Å². The quantitative estimate of drug-likeness (QED) is 0.626. The third-order valence-corrected chi connectivity index (χ3v) is 6.90. The standard InChI is InChI=1S/C16H22N2O4S/c1-15(2)8-13-9-16(3,10-15)11-17(13)23(21,22)14-6-4-5-12(7-14)18(19)20/h4-7,13H,8-11H2,1-3H3/t13-,16+/m0/s1. The second-order valence-electron chi connectivity index (χ2n) is 8.02. The SMILES string of the molecule is CC1(C)C[C@H]2C[C@@](C)(CN2S(=O)(=O)c2cccc([N+](=O)[O-])c2)C1. The smallest absolute Gasteiger partial charge is 0.258 e. The molecule has 6 nitrogen and oxygen atoms in total. The summed E-state index contributed by atoms with van der Waals surface area (Å²) in [6, 6.07) is 5.32. The minimum Gasteiger partial charge on any atom is -0.258 e. The van der Waals surface area contributed by atoms with E-state index < -0.39 is 14.9 Å². The maximum absolute atomic E-state index is 13.0. The first-order valence-corrected chi connectivity index (χ1v) is 9.23. The molecule has 1 heterocycles. The molecule has 0 aromatic heterocycles. The van der Waals surface area contributed by atoms with Crippen molar-refractivity contribution in [3.05, 3.63) is 34.4 Å². The molecule has 2 aliphatic rings. The molecule has 1 saturated heterocycles. The lowest BCUT2D eigenvalue weighted by Crippen LogP contribution is -2.37. The van der Waals surface area contributed by atoms with Crippen molar-refractivity contribution in [2.24, 2.45) is 10.8 Å². The summed E-state index contributed by atoms with van der Waals surface area (Å²) in [5, 5.41) is 10.9. The van der Waals surface area contributed by atoms with Gasteiger partial charge in [0.2, 0.25) is 10.0 Å². The van der Waals surface area contributed by atoms with Crippen LogP contribution in [0.1, 0.15) is 40.0 Å². The van der Waals surface area contributed by atoms with E-state index in [1.807, 2.05) is 0 Å². The molecule has 1 saturated carbocycles. The van der Waals surface area contributed by atoms with Crippen LogP contribution in [0.15, 0.2) is 29.2 Å². The van der Waals surface area contributed by atoms with Gasteiger partial charge >= 0.3 is 0 Å². The first-order valence-electron chi connectivity index (χ1n) is 7.79. The minimum atomic E-state index is -3.71. The summed E-state index contributed by atoms with van der Waals surface area (Å²) >= 11 is 0. The van der Waals surface area contributed by atoms with Gasteiger partial charge in [-0.1, -0.05) is 26.8 Å². The molecule has 1 aromatic rings. The molecule has 1 aliphatic carbocycles. The molecule has 0 spiro atoms. The predicted molar refractivity (Wildman–Crippen MR) is 86.5 cm³/mol. The first-order chi connectivity index (χ1) is 10.5. The largest absolute Gasteiger partial charge is 0.270 e. The van der Waals surface area contributed by atoms with Crippen LogP contribution >= 0.6 is 0 Å². The molecule has 126 valence electrons. The van der Waals surface area contributed by atoms with Gasteiger partial charge in [-0.05, 0) is 36.2 Å². The van der Waals surface area contributed by atoms with Gasteiger partial charge in [0.15, 0.2) is 0 Å². The van der Waals surface area contributed by atoms with Crippen LogP contribution in [0.25, 0.3) is 0 Å². The number of fused-ring (bicyclic) bond motifs is 2. The lowest BCUT2D eigenvalue weighted by molar-refractivity contribution is -0.385. The Balaban J connectivity index is 1.98. The number of non-ortho nitro benzene ring substituents is 1. The number of hydrogen-bond acceptors (Lipinski definition) is 4. The van der Waals surface area contributed by atoms with Crippen molar-refractivity contribution in [1.29, 1.82) is 0 Å². The van der Waals surface area contributed by atoms with Crippen LogP contribution in [0, 0.1) is 20.9 Å². The van der Waals surface area contributed by atoms with E-state index in [1.54, 1.807) is 4.31 Å². The Bertz CT molecular complexity index is 759. The van der Waals surface area contributed by atoms with Gasteiger partial charge in [0.1, 0.15) is 0 Å². The summed E-state index contributed by atoms with van der Waals surface area (Å²) in [6.45, 7) is 7.00. The minimum absolute atomic E-state index is 0.0137. The van der Waals surface area contributed by atoms with Crippen LogP contribution < -0.4 is 0 Å². The van der Waals surface area contributed by atoms with Crippen LogP contribution in [0.4, 0.5) is 5.69 Å². The summed E-state index contributed by atoms with van der Waals surface area (Å²) in [5.74, 6) is 0. The Kier molecular flexibility index (Phi) is 3.57. The summed E-state index contributed by atoms with van der Waals surface area (Å²) in [6.07, 6.45) is 2.69. The van der Waals surface area contributed by atoms with E-state index >= 15 is 0 Å². The van der Waals surface area contributed by atoms with Crippen LogP contribution in [0.3, 0.4) is 0 Å².